The number of carbonyl (C=O) groups is 3. The Morgan fingerprint density at radius 1 is 1.10 bits per heavy atom. The van der Waals surface area contributed by atoms with Gasteiger partial charge in [-0.3, -0.25) is 19.4 Å². The molecule has 11 heteroatoms. The first kappa shape index (κ1) is 29.0. The third kappa shape index (κ3) is 5.79. The highest BCUT2D eigenvalue weighted by Crippen LogP contribution is 2.38. The number of hydrogen-bond donors (Lipinski definition) is 1. The number of fused-ring (bicyclic) bond motifs is 2. The maximum Gasteiger partial charge on any atom is 0.252 e. The highest BCUT2D eigenvalue weighted by Gasteiger charge is 2.43. The molecule has 0 saturated carbocycles. The van der Waals surface area contributed by atoms with Gasteiger partial charge in [-0.2, -0.15) is 0 Å². The largest absolute Gasteiger partial charge is 0.495 e. The van der Waals surface area contributed by atoms with E-state index in [0.717, 1.165) is 11.6 Å². The van der Waals surface area contributed by atoms with E-state index in [2.05, 4.69) is 10.3 Å². The number of aromatic nitrogens is 1. The third-order valence-corrected chi connectivity index (χ3v) is 8.02. The highest BCUT2D eigenvalue weighted by atomic mass is 32.2. The SMILES string of the molecule is CC[C@@H](C)C(=O)N[C@@H]1C(=O)N(Cc2c(OC)cnc3ccccc23)c2ccccc2N(C(=O)CS(C)(=O)=O)[C@H]1C. The van der Waals surface area contributed by atoms with Gasteiger partial charge in [0.05, 0.1) is 42.8 Å². The Hall–Kier alpha value is -3.99. The molecule has 1 aromatic heterocycles. The molecule has 1 aliphatic heterocycles. The fraction of sp³-hybridized carbons (Fsp3) is 0.379. The van der Waals surface area contributed by atoms with E-state index in [9.17, 15) is 22.8 Å². The average Bonchev–Trinajstić information content (AvgIpc) is 3.00. The second-order valence-corrected chi connectivity index (χ2v) is 12.2. The van der Waals surface area contributed by atoms with Crippen LogP contribution in [0.2, 0.25) is 0 Å². The van der Waals surface area contributed by atoms with E-state index in [-0.39, 0.29) is 18.4 Å². The number of ether oxygens (including phenoxy) is 1. The van der Waals surface area contributed by atoms with E-state index in [4.69, 9.17) is 4.74 Å². The molecule has 1 N–H and O–H groups in total. The molecule has 0 radical (unpaired) electrons. The lowest BCUT2D eigenvalue weighted by Gasteiger charge is -2.32. The van der Waals surface area contributed by atoms with Gasteiger partial charge in [0.15, 0.2) is 9.84 Å². The zero-order valence-electron chi connectivity index (χ0n) is 23.2. The summed E-state index contributed by atoms with van der Waals surface area (Å²) in [7, 11) is -2.15. The van der Waals surface area contributed by atoms with Crippen molar-refractivity contribution in [3.8, 4) is 5.75 Å². The van der Waals surface area contributed by atoms with Crippen LogP contribution in [0.25, 0.3) is 10.9 Å². The predicted molar refractivity (Wildman–Crippen MR) is 154 cm³/mol. The van der Waals surface area contributed by atoms with Gasteiger partial charge >= 0.3 is 0 Å². The maximum atomic E-state index is 14.4. The molecular formula is C29H34N4O6S. The van der Waals surface area contributed by atoms with Crippen LogP contribution >= 0.6 is 0 Å². The summed E-state index contributed by atoms with van der Waals surface area (Å²) >= 11 is 0. The molecule has 0 fully saturated rings. The Morgan fingerprint density at radius 2 is 1.75 bits per heavy atom. The quantitative estimate of drug-likeness (QED) is 0.444. The number of benzene rings is 2. The number of anilines is 2. The van der Waals surface area contributed by atoms with Gasteiger partial charge in [-0.15, -0.1) is 0 Å². The highest BCUT2D eigenvalue weighted by molar-refractivity contribution is 7.91. The number of rotatable bonds is 8. The molecule has 3 atom stereocenters. The van der Waals surface area contributed by atoms with Crippen LogP contribution in [0.5, 0.6) is 5.75 Å². The number of sulfone groups is 1. The van der Waals surface area contributed by atoms with E-state index in [0.29, 0.717) is 34.6 Å². The van der Waals surface area contributed by atoms with E-state index in [1.165, 1.54) is 16.9 Å². The van der Waals surface area contributed by atoms with E-state index in [1.54, 1.807) is 44.3 Å². The van der Waals surface area contributed by atoms with E-state index in [1.807, 2.05) is 31.2 Å². The van der Waals surface area contributed by atoms with Gasteiger partial charge in [0.25, 0.3) is 5.91 Å². The van der Waals surface area contributed by atoms with Crippen LogP contribution in [0.3, 0.4) is 0 Å². The van der Waals surface area contributed by atoms with E-state index >= 15 is 0 Å². The van der Waals surface area contributed by atoms with Crippen molar-refractivity contribution in [3.05, 3.63) is 60.3 Å². The van der Waals surface area contributed by atoms with Crippen molar-refractivity contribution in [2.24, 2.45) is 5.92 Å². The van der Waals surface area contributed by atoms with Gasteiger partial charge in [-0.1, -0.05) is 44.2 Å². The maximum absolute atomic E-state index is 14.4. The second kappa shape index (κ2) is 11.6. The molecule has 0 saturated heterocycles. The van der Waals surface area contributed by atoms with Crippen LogP contribution in [-0.4, -0.2) is 62.3 Å². The first-order chi connectivity index (χ1) is 19.0. The van der Waals surface area contributed by atoms with Gasteiger partial charge in [-0.05, 0) is 31.5 Å². The molecule has 2 heterocycles. The molecule has 0 bridgehead atoms. The minimum absolute atomic E-state index is 0.0541. The number of nitrogens with one attached hydrogen (secondary N) is 1. The molecule has 0 aliphatic carbocycles. The molecule has 0 unspecified atom stereocenters. The number of carbonyl (C=O) groups excluding carboxylic acids is 3. The first-order valence-electron chi connectivity index (χ1n) is 13.1. The molecule has 0 spiro atoms. The Kier molecular flexibility index (Phi) is 8.43. The number of hydrogen-bond acceptors (Lipinski definition) is 7. The standard InChI is InChI=1S/C29H34N4O6S/c1-6-18(2)28(35)31-27-19(3)33(26(34)17-40(5,37)38)24-14-10-9-13-23(24)32(29(27)36)16-21-20-11-7-8-12-22(20)30-15-25(21)39-4/h7-15,18-19,27H,6,16-17H2,1-5H3,(H,31,35)/t18-,19+,27+/m1/s1. The zero-order valence-corrected chi connectivity index (χ0v) is 24.1. The fourth-order valence-electron chi connectivity index (χ4n) is 4.92. The Bertz CT molecular complexity index is 1560. The molecule has 40 heavy (non-hydrogen) atoms. The summed E-state index contributed by atoms with van der Waals surface area (Å²) < 4.78 is 29.9. The molecule has 3 amide bonds. The van der Waals surface area contributed by atoms with Crippen LogP contribution in [0, 0.1) is 5.92 Å². The minimum atomic E-state index is -3.68. The summed E-state index contributed by atoms with van der Waals surface area (Å²) in [5.41, 5.74) is 2.19. The number of pyridine rings is 1. The van der Waals surface area contributed by atoms with Crippen LogP contribution in [0.4, 0.5) is 11.4 Å². The van der Waals surface area contributed by atoms with Crippen molar-refractivity contribution < 1.29 is 27.5 Å². The summed E-state index contributed by atoms with van der Waals surface area (Å²) in [5.74, 6) is -2.09. The predicted octanol–water partition coefficient (Wildman–Crippen LogP) is 3.09. The molecular weight excluding hydrogens is 532 g/mol. The van der Waals surface area contributed by atoms with Crippen LogP contribution in [0.1, 0.15) is 32.8 Å². The Labute approximate surface area is 234 Å². The lowest BCUT2D eigenvalue weighted by atomic mass is 10.0. The molecule has 4 rings (SSSR count). The normalized spacial score (nSPS) is 18.2. The number of nitrogens with zero attached hydrogens (tertiary/aromatic N) is 3. The molecule has 10 nitrogen and oxygen atoms in total. The Balaban J connectivity index is 1.91. The fourth-order valence-corrected chi connectivity index (χ4v) is 5.50. The minimum Gasteiger partial charge on any atom is -0.495 e. The first-order valence-corrected chi connectivity index (χ1v) is 15.1. The molecule has 2 aromatic carbocycles. The van der Waals surface area contributed by atoms with Crippen molar-refractivity contribution in [3.63, 3.8) is 0 Å². The van der Waals surface area contributed by atoms with Crippen molar-refractivity contribution >= 4 is 49.8 Å². The van der Waals surface area contributed by atoms with Crippen molar-refractivity contribution in [1.82, 2.24) is 10.3 Å². The monoisotopic (exact) mass is 566 g/mol. The van der Waals surface area contributed by atoms with Gasteiger partial charge < -0.3 is 19.9 Å². The van der Waals surface area contributed by atoms with Gasteiger partial charge in [0.1, 0.15) is 17.5 Å². The smallest absolute Gasteiger partial charge is 0.252 e. The van der Waals surface area contributed by atoms with Gasteiger partial charge in [-0.25, -0.2) is 8.42 Å². The molecule has 1 aliphatic rings. The summed E-state index contributed by atoms with van der Waals surface area (Å²) in [6.07, 6.45) is 3.14. The zero-order chi connectivity index (χ0) is 29.2. The Morgan fingerprint density at radius 3 is 2.40 bits per heavy atom. The number of para-hydroxylation sites is 3. The number of methoxy groups -OCH3 is 1. The second-order valence-electron chi connectivity index (χ2n) is 10.1. The van der Waals surface area contributed by atoms with Crippen LogP contribution < -0.4 is 19.9 Å². The number of amides is 3. The van der Waals surface area contributed by atoms with Gasteiger partial charge in [0, 0.05) is 23.1 Å². The van der Waals surface area contributed by atoms with Crippen LogP contribution in [0.15, 0.2) is 54.7 Å². The third-order valence-electron chi connectivity index (χ3n) is 7.25. The summed E-state index contributed by atoms with van der Waals surface area (Å²) in [6, 6.07) is 12.3. The molecule has 212 valence electrons. The topological polar surface area (TPSA) is 126 Å². The van der Waals surface area contributed by atoms with Crippen molar-refractivity contribution in [2.75, 3.05) is 28.9 Å². The summed E-state index contributed by atoms with van der Waals surface area (Å²) in [5, 5.41) is 3.64. The van der Waals surface area contributed by atoms with Crippen LogP contribution in [-0.2, 0) is 30.8 Å². The van der Waals surface area contributed by atoms with Gasteiger partial charge in [0.2, 0.25) is 11.8 Å². The van der Waals surface area contributed by atoms with E-state index < -0.39 is 39.5 Å². The summed E-state index contributed by atoms with van der Waals surface area (Å²) in [6.45, 7) is 5.32. The summed E-state index contributed by atoms with van der Waals surface area (Å²) in [4.78, 5) is 48.2. The van der Waals surface area contributed by atoms with Crippen molar-refractivity contribution in [2.45, 2.75) is 45.8 Å². The molecule has 3 aromatic rings. The van der Waals surface area contributed by atoms with Crippen molar-refractivity contribution in [1.29, 1.82) is 0 Å². The lowest BCUT2D eigenvalue weighted by Crippen LogP contribution is -2.59. The average molecular weight is 567 g/mol. The lowest BCUT2D eigenvalue weighted by molar-refractivity contribution is -0.130.